The number of hydrogen-bond donors (Lipinski definition) is 2. The van der Waals surface area contributed by atoms with Crippen LogP contribution in [0.4, 0.5) is 11.4 Å². The number of hydrogen-bond acceptors (Lipinski definition) is 5. The quantitative estimate of drug-likeness (QED) is 0.334. The van der Waals surface area contributed by atoms with Gasteiger partial charge < -0.3 is 15.1 Å². The van der Waals surface area contributed by atoms with Gasteiger partial charge in [0.25, 0.3) is 0 Å². The van der Waals surface area contributed by atoms with Crippen molar-refractivity contribution < 1.29 is 14.0 Å². The summed E-state index contributed by atoms with van der Waals surface area (Å²) in [6.07, 6.45) is 1.96. The lowest BCUT2D eigenvalue weighted by atomic mass is 10.2. The highest BCUT2D eigenvalue weighted by atomic mass is 32.2. The molecule has 0 spiro atoms. The van der Waals surface area contributed by atoms with Gasteiger partial charge in [-0.3, -0.25) is 9.59 Å². The molecular weight excluding hydrogens is 434 g/mol. The average Bonchev–Trinajstić information content (AvgIpc) is 3.59. The summed E-state index contributed by atoms with van der Waals surface area (Å²) in [4.78, 5) is 30.0. The van der Waals surface area contributed by atoms with Gasteiger partial charge in [0.05, 0.1) is 5.25 Å². The number of rotatable bonds is 7. The normalized spacial score (nSPS) is 14.1. The van der Waals surface area contributed by atoms with Crippen molar-refractivity contribution in [3.05, 3.63) is 72.8 Å². The van der Waals surface area contributed by atoms with Crippen LogP contribution in [-0.2, 0) is 9.59 Å². The lowest BCUT2D eigenvalue weighted by Crippen LogP contribution is -2.22. The molecule has 1 fully saturated rings. The Bertz CT molecular complexity index is 1260. The predicted octanol–water partition coefficient (Wildman–Crippen LogP) is 5.96. The maximum Gasteiger partial charge on any atom is 0.237 e. The van der Waals surface area contributed by atoms with E-state index < -0.39 is 0 Å². The summed E-state index contributed by atoms with van der Waals surface area (Å²) in [5, 5.41) is 5.60. The SMILES string of the molecule is CC(Sc1ccc(NC(=O)C2CC2)cc1)C(=O)Nc1ccc(-c2nc3ccccc3o2)cc1. The molecule has 7 heteroatoms. The highest BCUT2D eigenvalue weighted by molar-refractivity contribution is 8.00. The first-order chi connectivity index (χ1) is 16.0. The lowest BCUT2D eigenvalue weighted by Gasteiger charge is -2.13. The Balaban J connectivity index is 1.17. The standard InChI is InChI=1S/C26H23N3O3S/c1-16(33-21-14-12-20(13-15-21)28-25(31)17-6-7-17)24(30)27-19-10-8-18(9-11-19)26-29-22-4-2-3-5-23(22)32-26/h2-5,8-17H,6-7H2,1H3,(H,27,30)(H,28,31). The average molecular weight is 458 g/mol. The maximum atomic E-state index is 12.7. The van der Waals surface area contributed by atoms with Gasteiger partial charge in [-0.05, 0) is 80.4 Å². The van der Waals surface area contributed by atoms with E-state index in [4.69, 9.17) is 4.42 Å². The van der Waals surface area contributed by atoms with E-state index in [1.54, 1.807) is 0 Å². The highest BCUT2D eigenvalue weighted by Gasteiger charge is 2.29. The molecule has 0 saturated heterocycles. The molecule has 1 aromatic heterocycles. The lowest BCUT2D eigenvalue weighted by molar-refractivity contribution is -0.117. The second-order valence-electron chi connectivity index (χ2n) is 8.10. The largest absolute Gasteiger partial charge is 0.436 e. The van der Waals surface area contributed by atoms with Gasteiger partial charge in [-0.1, -0.05) is 12.1 Å². The van der Waals surface area contributed by atoms with Crippen LogP contribution >= 0.6 is 11.8 Å². The smallest absolute Gasteiger partial charge is 0.237 e. The number of benzene rings is 3. The van der Waals surface area contributed by atoms with Crippen LogP contribution in [0.5, 0.6) is 0 Å². The topological polar surface area (TPSA) is 84.2 Å². The van der Waals surface area contributed by atoms with Gasteiger partial charge in [-0.2, -0.15) is 0 Å². The van der Waals surface area contributed by atoms with Crippen LogP contribution < -0.4 is 10.6 Å². The van der Waals surface area contributed by atoms with Gasteiger partial charge in [0.15, 0.2) is 5.58 Å². The first-order valence-electron chi connectivity index (χ1n) is 10.9. The summed E-state index contributed by atoms with van der Waals surface area (Å²) in [5.41, 5.74) is 3.90. The fraction of sp³-hybridized carbons (Fsp3) is 0.192. The molecule has 6 nitrogen and oxygen atoms in total. The Kier molecular flexibility index (Phi) is 5.88. The monoisotopic (exact) mass is 457 g/mol. The van der Waals surface area contributed by atoms with Crippen molar-refractivity contribution in [3.8, 4) is 11.5 Å². The van der Waals surface area contributed by atoms with E-state index in [-0.39, 0.29) is 23.0 Å². The van der Waals surface area contributed by atoms with Crippen LogP contribution in [0, 0.1) is 5.92 Å². The molecule has 4 aromatic rings. The molecule has 1 unspecified atom stereocenters. The fourth-order valence-electron chi connectivity index (χ4n) is 3.40. The summed E-state index contributed by atoms with van der Waals surface area (Å²) in [6, 6.07) is 22.7. The fourth-order valence-corrected chi connectivity index (χ4v) is 4.27. The van der Waals surface area contributed by atoms with Crippen LogP contribution in [0.1, 0.15) is 19.8 Å². The molecule has 3 aromatic carbocycles. The Morgan fingerprint density at radius 3 is 2.30 bits per heavy atom. The maximum absolute atomic E-state index is 12.7. The van der Waals surface area contributed by atoms with Crippen molar-refractivity contribution in [1.29, 1.82) is 0 Å². The zero-order valence-corrected chi connectivity index (χ0v) is 18.9. The molecule has 166 valence electrons. The third-order valence-electron chi connectivity index (χ3n) is 5.45. The molecule has 2 N–H and O–H groups in total. The zero-order chi connectivity index (χ0) is 22.8. The van der Waals surface area contributed by atoms with Gasteiger partial charge in [0, 0.05) is 27.8 Å². The van der Waals surface area contributed by atoms with E-state index in [9.17, 15) is 9.59 Å². The Morgan fingerprint density at radius 1 is 0.939 bits per heavy atom. The van der Waals surface area contributed by atoms with Crippen molar-refractivity contribution in [1.82, 2.24) is 4.98 Å². The molecule has 0 bridgehead atoms. The second-order valence-corrected chi connectivity index (χ2v) is 9.52. The van der Waals surface area contributed by atoms with Crippen LogP contribution in [0.3, 0.4) is 0 Å². The third kappa shape index (κ3) is 5.09. The Labute approximate surface area is 195 Å². The number of thioether (sulfide) groups is 1. The molecule has 0 aliphatic heterocycles. The summed E-state index contributed by atoms with van der Waals surface area (Å²) < 4.78 is 5.80. The molecule has 2 amide bonds. The molecule has 1 atom stereocenters. The van der Waals surface area contributed by atoms with Gasteiger partial charge in [-0.15, -0.1) is 11.8 Å². The van der Waals surface area contributed by atoms with Gasteiger partial charge >= 0.3 is 0 Å². The highest BCUT2D eigenvalue weighted by Crippen LogP contribution is 2.31. The predicted molar refractivity (Wildman–Crippen MR) is 131 cm³/mol. The molecule has 5 rings (SSSR count). The number of carbonyl (C=O) groups excluding carboxylic acids is 2. The number of oxazole rings is 1. The number of nitrogens with one attached hydrogen (secondary N) is 2. The van der Waals surface area contributed by atoms with Gasteiger partial charge in [-0.25, -0.2) is 4.98 Å². The van der Waals surface area contributed by atoms with Crippen molar-refractivity contribution >= 4 is 46.1 Å². The molecule has 0 radical (unpaired) electrons. The minimum atomic E-state index is -0.284. The Hall–Kier alpha value is -3.58. The first kappa shape index (κ1) is 21.3. The van der Waals surface area contributed by atoms with Crippen molar-refractivity contribution in [3.63, 3.8) is 0 Å². The molecule has 1 aliphatic carbocycles. The van der Waals surface area contributed by atoms with E-state index in [0.29, 0.717) is 11.6 Å². The van der Waals surface area contributed by atoms with Gasteiger partial charge in [0.2, 0.25) is 17.7 Å². The second kappa shape index (κ2) is 9.11. The van der Waals surface area contributed by atoms with Crippen molar-refractivity contribution in [2.24, 2.45) is 5.92 Å². The summed E-state index contributed by atoms with van der Waals surface area (Å²) >= 11 is 1.47. The number of aromatic nitrogens is 1. The molecule has 33 heavy (non-hydrogen) atoms. The minimum absolute atomic E-state index is 0.0827. The zero-order valence-electron chi connectivity index (χ0n) is 18.1. The number of amides is 2. The van der Waals surface area contributed by atoms with Crippen LogP contribution in [0.25, 0.3) is 22.6 Å². The molecule has 1 heterocycles. The molecule has 1 saturated carbocycles. The number of fused-ring (bicyclic) bond motifs is 1. The van der Waals surface area contributed by atoms with Crippen LogP contribution in [-0.4, -0.2) is 22.0 Å². The Morgan fingerprint density at radius 2 is 1.61 bits per heavy atom. The van der Waals surface area contributed by atoms with E-state index in [0.717, 1.165) is 40.1 Å². The third-order valence-corrected chi connectivity index (χ3v) is 6.56. The van der Waals surface area contributed by atoms with Crippen LogP contribution in [0.15, 0.2) is 82.1 Å². The van der Waals surface area contributed by atoms with E-state index in [1.165, 1.54) is 11.8 Å². The number of para-hydroxylation sites is 2. The number of anilines is 2. The summed E-state index contributed by atoms with van der Waals surface area (Å²) in [7, 11) is 0. The van der Waals surface area contributed by atoms with Crippen molar-refractivity contribution in [2.75, 3.05) is 10.6 Å². The number of nitrogens with zero attached hydrogens (tertiary/aromatic N) is 1. The summed E-state index contributed by atoms with van der Waals surface area (Å²) in [5.74, 6) is 0.729. The molecule has 1 aliphatic rings. The summed E-state index contributed by atoms with van der Waals surface area (Å²) in [6.45, 7) is 1.87. The minimum Gasteiger partial charge on any atom is -0.436 e. The van der Waals surface area contributed by atoms with Crippen molar-refractivity contribution in [2.45, 2.75) is 29.9 Å². The van der Waals surface area contributed by atoms with E-state index >= 15 is 0 Å². The van der Waals surface area contributed by atoms with E-state index in [2.05, 4.69) is 15.6 Å². The number of carbonyl (C=O) groups is 2. The van der Waals surface area contributed by atoms with Gasteiger partial charge in [0.1, 0.15) is 5.52 Å². The first-order valence-corrected chi connectivity index (χ1v) is 11.8. The van der Waals surface area contributed by atoms with Crippen LogP contribution in [0.2, 0.25) is 0 Å². The molecular formula is C26H23N3O3S. The van der Waals surface area contributed by atoms with E-state index in [1.807, 2.05) is 79.7 Å².